The van der Waals surface area contributed by atoms with Crippen molar-refractivity contribution >= 4 is 23.4 Å². The smallest absolute Gasteiger partial charge is 0.233 e. The van der Waals surface area contributed by atoms with Gasteiger partial charge in [0.1, 0.15) is 11.6 Å². The van der Waals surface area contributed by atoms with Gasteiger partial charge in [-0.15, -0.1) is 0 Å². The number of halogens is 2. The van der Waals surface area contributed by atoms with Crippen LogP contribution < -0.4 is 4.74 Å². The van der Waals surface area contributed by atoms with E-state index in [2.05, 4.69) is 0 Å². The predicted molar refractivity (Wildman–Crippen MR) is 159 cm³/mol. The minimum absolute atomic E-state index is 0.0620. The molecule has 5 rings (SSSR count). The summed E-state index contributed by atoms with van der Waals surface area (Å²) in [4.78, 5) is 31.3. The SMILES string of the molecule is CN(Cc1ccccc1)C(=O)CC1(COc2ccc(Cl)cc2)CCN(C(=O)C2(c3ccc(F)cc3)CCCC2)CC1. The Balaban J connectivity index is 1.31. The van der Waals surface area contributed by atoms with E-state index in [1.807, 2.05) is 54.4 Å². The fraction of sp³-hybridized carbons (Fsp3) is 0.412. The first-order valence-corrected chi connectivity index (χ1v) is 14.9. The Kier molecular flexibility index (Phi) is 8.98. The number of likely N-dealkylation sites (tertiary alicyclic amines) is 1. The van der Waals surface area contributed by atoms with Gasteiger partial charge in [0, 0.05) is 43.5 Å². The molecule has 41 heavy (non-hydrogen) atoms. The molecule has 1 aliphatic carbocycles. The van der Waals surface area contributed by atoms with Gasteiger partial charge < -0.3 is 14.5 Å². The molecule has 3 aromatic rings. The monoisotopic (exact) mass is 576 g/mol. The first kappa shape index (κ1) is 29.1. The summed E-state index contributed by atoms with van der Waals surface area (Å²) in [5.74, 6) is 0.603. The third kappa shape index (κ3) is 6.75. The Morgan fingerprint density at radius 2 is 1.54 bits per heavy atom. The first-order chi connectivity index (χ1) is 19.8. The van der Waals surface area contributed by atoms with Crippen molar-refractivity contribution in [3.8, 4) is 5.75 Å². The Hall–Kier alpha value is -3.38. The fourth-order valence-electron chi connectivity index (χ4n) is 6.40. The van der Waals surface area contributed by atoms with Crippen molar-refractivity contribution in [3.05, 3.63) is 101 Å². The van der Waals surface area contributed by atoms with E-state index in [4.69, 9.17) is 16.3 Å². The lowest BCUT2D eigenvalue weighted by molar-refractivity contribution is -0.141. The maximum Gasteiger partial charge on any atom is 0.233 e. The number of amides is 2. The minimum atomic E-state index is -0.598. The van der Waals surface area contributed by atoms with Crippen molar-refractivity contribution < 1.29 is 18.7 Å². The van der Waals surface area contributed by atoms with Crippen LogP contribution in [-0.2, 0) is 21.5 Å². The molecular weight excluding hydrogens is 539 g/mol. The van der Waals surface area contributed by atoms with E-state index in [0.29, 0.717) is 56.3 Å². The lowest BCUT2D eigenvalue weighted by Gasteiger charge is -2.44. The molecule has 3 aromatic carbocycles. The highest BCUT2D eigenvalue weighted by Crippen LogP contribution is 2.45. The number of carbonyl (C=O) groups is 2. The number of hydrogen-bond acceptors (Lipinski definition) is 3. The number of nitrogens with zero attached hydrogens (tertiary/aromatic N) is 2. The summed E-state index contributed by atoms with van der Waals surface area (Å²) in [5.41, 5.74) is 0.982. The molecule has 0 bridgehead atoms. The Labute approximate surface area is 247 Å². The Morgan fingerprint density at radius 3 is 2.17 bits per heavy atom. The molecule has 2 aliphatic rings. The number of rotatable bonds is 9. The van der Waals surface area contributed by atoms with Crippen LogP contribution >= 0.6 is 11.6 Å². The molecule has 1 aliphatic heterocycles. The Bertz CT molecular complexity index is 1320. The van der Waals surface area contributed by atoms with Crippen LogP contribution in [0.3, 0.4) is 0 Å². The van der Waals surface area contributed by atoms with Gasteiger partial charge in [0.2, 0.25) is 11.8 Å². The van der Waals surface area contributed by atoms with E-state index in [0.717, 1.165) is 36.8 Å². The Morgan fingerprint density at radius 1 is 0.902 bits per heavy atom. The van der Waals surface area contributed by atoms with Crippen molar-refractivity contribution in [2.45, 2.75) is 56.9 Å². The van der Waals surface area contributed by atoms with Gasteiger partial charge in [-0.2, -0.15) is 0 Å². The van der Waals surface area contributed by atoms with Crippen LogP contribution in [0, 0.1) is 11.2 Å². The summed E-state index contributed by atoms with van der Waals surface area (Å²) < 4.78 is 19.9. The second kappa shape index (κ2) is 12.6. The summed E-state index contributed by atoms with van der Waals surface area (Å²) >= 11 is 6.06. The van der Waals surface area contributed by atoms with Crippen LogP contribution in [0.4, 0.5) is 4.39 Å². The highest BCUT2D eigenvalue weighted by atomic mass is 35.5. The highest BCUT2D eigenvalue weighted by Gasteiger charge is 2.47. The van der Waals surface area contributed by atoms with Gasteiger partial charge in [0.05, 0.1) is 12.0 Å². The van der Waals surface area contributed by atoms with Crippen molar-refractivity contribution in [1.29, 1.82) is 0 Å². The van der Waals surface area contributed by atoms with E-state index in [1.54, 1.807) is 29.2 Å². The van der Waals surface area contributed by atoms with Crippen molar-refractivity contribution in [2.24, 2.45) is 5.41 Å². The summed E-state index contributed by atoms with van der Waals surface area (Å²) in [6.07, 6.45) is 5.20. The summed E-state index contributed by atoms with van der Waals surface area (Å²) in [7, 11) is 1.84. The largest absolute Gasteiger partial charge is 0.493 e. The molecule has 0 spiro atoms. The van der Waals surface area contributed by atoms with Crippen molar-refractivity contribution in [3.63, 3.8) is 0 Å². The number of hydrogen-bond donors (Lipinski definition) is 0. The molecule has 5 nitrogen and oxygen atoms in total. The molecule has 2 amide bonds. The molecule has 2 fully saturated rings. The van der Waals surface area contributed by atoms with Gasteiger partial charge in [-0.05, 0) is 73.2 Å². The number of carbonyl (C=O) groups excluding carboxylic acids is 2. The topological polar surface area (TPSA) is 49.9 Å². The quantitative estimate of drug-likeness (QED) is 0.275. The molecule has 216 valence electrons. The molecule has 0 N–H and O–H groups in total. The van der Waals surface area contributed by atoms with Crippen molar-refractivity contribution in [1.82, 2.24) is 9.80 Å². The second-order valence-corrected chi connectivity index (χ2v) is 12.2. The van der Waals surface area contributed by atoms with Crippen LogP contribution in [0.1, 0.15) is 56.1 Å². The molecule has 1 heterocycles. The third-order valence-corrected chi connectivity index (χ3v) is 9.20. The molecule has 0 aromatic heterocycles. The van der Waals surface area contributed by atoms with Crippen molar-refractivity contribution in [2.75, 3.05) is 26.7 Å². The summed E-state index contributed by atoms with van der Waals surface area (Å²) in [5, 5.41) is 0.638. The molecular formula is C34H38ClFN2O3. The van der Waals surface area contributed by atoms with E-state index >= 15 is 0 Å². The van der Waals surface area contributed by atoms with Crippen LogP contribution in [0.2, 0.25) is 5.02 Å². The maximum atomic E-state index is 14.1. The zero-order valence-electron chi connectivity index (χ0n) is 23.7. The predicted octanol–water partition coefficient (Wildman–Crippen LogP) is 7.03. The number of benzene rings is 3. The molecule has 1 saturated heterocycles. The summed E-state index contributed by atoms with van der Waals surface area (Å²) in [6, 6.07) is 23.7. The van der Waals surface area contributed by atoms with Gasteiger partial charge in [-0.25, -0.2) is 4.39 Å². The number of piperidine rings is 1. The molecule has 0 unspecified atom stereocenters. The maximum absolute atomic E-state index is 14.1. The third-order valence-electron chi connectivity index (χ3n) is 8.95. The standard InChI is InChI=1S/C34H38ClFN2O3/c1-37(24-26-7-3-2-4-8-26)31(39)23-33(25-41-30-15-11-28(35)12-16-30)19-21-38(22-20-33)32(40)34(17-5-6-18-34)27-9-13-29(36)14-10-27/h2-4,7-16H,5-6,17-25H2,1H3. The van der Waals surface area contributed by atoms with Gasteiger partial charge in [0.15, 0.2) is 0 Å². The van der Waals surface area contributed by atoms with Crippen LogP contribution in [0.5, 0.6) is 5.75 Å². The van der Waals surface area contributed by atoms with E-state index in [9.17, 15) is 14.0 Å². The van der Waals surface area contributed by atoms with Gasteiger partial charge >= 0.3 is 0 Å². The average Bonchev–Trinajstić information content (AvgIpc) is 3.49. The van der Waals surface area contributed by atoms with E-state index in [1.165, 1.54) is 12.1 Å². The number of ether oxygens (including phenoxy) is 1. The van der Waals surface area contributed by atoms with Gasteiger partial charge in [-0.3, -0.25) is 9.59 Å². The van der Waals surface area contributed by atoms with Gasteiger partial charge in [-0.1, -0.05) is 66.9 Å². The lowest BCUT2D eigenvalue weighted by atomic mass is 9.73. The fourth-order valence-corrected chi connectivity index (χ4v) is 6.53. The first-order valence-electron chi connectivity index (χ1n) is 14.5. The van der Waals surface area contributed by atoms with E-state index < -0.39 is 10.8 Å². The van der Waals surface area contributed by atoms with Crippen LogP contribution in [0.15, 0.2) is 78.9 Å². The van der Waals surface area contributed by atoms with Gasteiger partial charge in [0.25, 0.3) is 0 Å². The van der Waals surface area contributed by atoms with Crippen LogP contribution in [0.25, 0.3) is 0 Å². The molecule has 0 atom stereocenters. The summed E-state index contributed by atoms with van der Waals surface area (Å²) in [6.45, 7) is 2.03. The average molecular weight is 577 g/mol. The normalized spacial score (nSPS) is 17.7. The second-order valence-electron chi connectivity index (χ2n) is 11.7. The highest BCUT2D eigenvalue weighted by molar-refractivity contribution is 6.30. The molecule has 0 radical (unpaired) electrons. The van der Waals surface area contributed by atoms with E-state index in [-0.39, 0.29) is 17.6 Å². The molecule has 7 heteroatoms. The van der Waals surface area contributed by atoms with Crippen LogP contribution in [-0.4, -0.2) is 48.4 Å². The zero-order chi connectivity index (χ0) is 28.9. The molecule has 1 saturated carbocycles. The minimum Gasteiger partial charge on any atom is -0.493 e. The zero-order valence-corrected chi connectivity index (χ0v) is 24.4. The lowest BCUT2D eigenvalue weighted by Crippen LogP contribution is -2.52.